The first kappa shape index (κ1) is 13.7. The van der Waals surface area contributed by atoms with E-state index in [0.717, 1.165) is 23.6 Å². The highest BCUT2D eigenvalue weighted by atomic mass is 32.2. The lowest BCUT2D eigenvalue weighted by Gasteiger charge is -2.03. The highest BCUT2D eigenvalue weighted by Gasteiger charge is 2.14. The fourth-order valence-corrected chi connectivity index (χ4v) is 1.80. The van der Waals surface area contributed by atoms with E-state index in [1.807, 2.05) is 0 Å². The van der Waals surface area contributed by atoms with Crippen LogP contribution in [0.15, 0.2) is 16.7 Å². The molecule has 0 radical (unpaired) electrons. The van der Waals surface area contributed by atoms with Crippen LogP contribution in [-0.4, -0.2) is 31.1 Å². The zero-order valence-electron chi connectivity index (χ0n) is 9.69. The van der Waals surface area contributed by atoms with Crippen LogP contribution in [0.4, 0.5) is 0 Å². The van der Waals surface area contributed by atoms with Crippen LogP contribution in [0.25, 0.3) is 0 Å². The van der Waals surface area contributed by atoms with Gasteiger partial charge in [-0.3, -0.25) is 0 Å². The topological polar surface area (TPSA) is 51.5 Å². The average Bonchev–Trinajstić information content (AvgIpc) is 2.81. The lowest BCUT2D eigenvalue weighted by molar-refractivity contribution is 0.0563. The second-order valence-corrected chi connectivity index (χ2v) is 4.31. The molecule has 0 saturated heterocycles. The summed E-state index contributed by atoms with van der Waals surface area (Å²) in [5, 5.41) is 3.21. The van der Waals surface area contributed by atoms with Crippen LogP contribution in [0, 0.1) is 12.3 Å². The van der Waals surface area contributed by atoms with Gasteiger partial charge in [-0.25, -0.2) is 4.79 Å². The Bertz CT molecular complexity index is 395. The van der Waals surface area contributed by atoms with E-state index in [4.69, 9.17) is 10.8 Å². The number of hydrogen-bond donors (Lipinski definition) is 1. The maximum absolute atomic E-state index is 11.3. The molecule has 1 N–H and O–H groups in total. The van der Waals surface area contributed by atoms with Crippen LogP contribution >= 0.6 is 11.8 Å². The number of thioether (sulfide) groups is 1. The minimum atomic E-state index is -0.450. The lowest BCUT2D eigenvalue weighted by atomic mass is 10.2. The number of nitrogens with one attached hydrogen (secondary N) is 1. The minimum Gasteiger partial charge on any atom is -0.463 e. The number of methoxy groups -OCH3 is 1. The molecule has 5 heteroatoms. The summed E-state index contributed by atoms with van der Waals surface area (Å²) in [6.45, 7) is 1.41. The second kappa shape index (κ2) is 7.82. The molecule has 0 bridgehead atoms. The van der Waals surface area contributed by atoms with E-state index in [1.165, 1.54) is 13.4 Å². The molecule has 0 spiro atoms. The second-order valence-electron chi connectivity index (χ2n) is 3.20. The van der Waals surface area contributed by atoms with Gasteiger partial charge in [0.15, 0.2) is 0 Å². The van der Waals surface area contributed by atoms with Crippen LogP contribution in [0.3, 0.4) is 0 Å². The van der Waals surface area contributed by atoms with Gasteiger partial charge in [-0.15, -0.1) is 18.2 Å². The SMILES string of the molecule is C#CCSCCNCc1ccoc1C(=O)OC. The Morgan fingerprint density at radius 1 is 1.71 bits per heavy atom. The first-order valence-corrected chi connectivity index (χ1v) is 6.31. The van der Waals surface area contributed by atoms with Gasteiger partial charge in [-0.2, -0.15) is 0 Å². The highest BCUT2D eigenvalue weighted by molar-refractivity contribution is 7.99. The third kappa shape index (κ3) is 4.55. The van der Waals surface area contributed by atoms with Crippen molar-refractivity contribution in [3.8, 4) is 12.3 Å². The lowest BCUT2D eigenvalue weighted by Crippen LogP contribution is -2.18. The van der Waals surface area contributed by atoms with Crippen molar-refractivity contribution < 1.29 is 13.9 Å². The first-order valence-electron chi connectivity index (χ1n) is 5.16. The molecule has 17 heavy (non-hydrogen) atoms. The summed E-state index contributed by atoms with van der Waals surface area (Å²) in [6.07, 6.45) is 6.62. The number of carbonyl (C=O) groups is 1. The van der Waals surface area contributed by atoms with Gasteiger partial charge < -0.3 is 14.5 Å². The van der Waals surface area contributed by atoms with E-state index in [-0.39, 0.29) is 5.76 Å². The summed E-state index contributed by atoms with van der Waals surface area (Å²) in [4.78, 5) is 11.3. The zero-order chi connectivity index (χ0) is 12.5. The molecule has 0 fully saturated rings. The first-order chi connectivity index (χ1) is 8.29. The van der Waals surface area contributed by atoms with Gasteiger partial charge in [-0.05, 0) is 6.07 Å². The zero-order valence-corrected chi connectivity index (χ0v) is 10.5. The normalized spacial score (nSPS) is 9.88. The molecule has 0 aromatic carbocycles. The van der Waals surface area contributed by atoms with Crippen molar-refractivity contribution in [3.05, 3.63) is 23.7 Å². The molecule has 1 rings (SSSR count). The Hall–Kier alpha value is -1.38. The third-order valence-electron chi connectivity index (χ3n) is 2.04. The molecule has 0 atom stereocenters. The molecule has 4 nitrogen and oxygen atoms in total. The van der Waals surface area contributed by atoms with E-state index in [0.29, 0.717) is 6.54 Å². The van der Waals surface area contributed by atoms with E-state index in [2.05, 4.69) is 16.0 Å². The Kier molecular flexibility index (Phi) is 6.30. The summed E-state index contributed by atoms with van der Waals surface area (Å²) < 4.78 is 9.67. The monoisotopic (exact) mass is 253 g/mol. The highest BCUT2D eigenvalue weighted by Crippen LogP contribution is 2.11. The number of rotatable bonds is 7. The molecule has 1 aromatic rings. The summed E-state index contributed by atoms with van der Waals surface area (Å²) in [7, 11) is 1.33. The average molecular weight is 253 g/mol. The molecule has 0 aliphatic carbocycles. The third-order valence-corrected chi connectivity index (χ3v) is 2.91. The van der Waals surface area contributed by atoms with Gasteiger partial charge in [0.05, 0.1) is 19.1 Å². The smallest absolute Gasteiger partial charge is 0.374 e. The van der Waals surface area contributed by atoms with Crippen molar-refractivity contribution in [2.45, 2.75) is 6.54 Å². The summed E-state index contributed by atoms with van der Waals surface area (Å²) in [5.41, 5.74) is 0.804. The van der Waals surface area contributed by atoms with Crippen LogP contribution in [-0.2, 0) is 11.3 Å². The van der Waals surface area contributed by atoms with Crippen molar-refractivity contribution >= 4 is 17.7 Å². The molecule has 0 unspecified atom stereocenters. The van der Waals surface area contributed by atoms with Crippen LogP contribution in [0.2, 0.25) is 0 Å². The molecular weight excluding hydrogens is 238 g/mol. The minimum absolute atomic E-state index is 0.260. The van der Waals surface area contributed by atoms with Crippen molar-refractivity contribution in [1.29, 1.82) is 0 Å². The van der Waals surface area contributed by atoms with E-state index >= 15 is 0 Å². The van der Waals surface area contributed by atoms with E-state index < -0.39 is 5.97 Å². The van der Waals surface area contributed by atoms with Crippen LogP contribution < -0.4 is 5.32 Å². The van der Waals surface area contributed by atoms with Crippen molar-refractivity contribution in [3.63, 3.8) is 0 Å². The Balaban J connectivity index is 2.30. The van der Waals surface area contributed by atoms with E-state index in [9.17, 15) is 4.79 Å². The number of esters is 1. The molecule has 1 aromatic heterocycles. The number of terminal acetylenes is 1. The fraction of sp³-hybridized carbons (Fsp3) is 0.417. The van der Waals surface area contributed by atoms with Crippen LogP contribution in [0.5, 0.6) is 0 Å². The van der Waals surface area contributed by atoms with Gasteiger partial charge in [-0.1, -0.05) is 5.92 Å². The van der Waals surface area contributed by atoms with Crippen molar-refractivity contribution in [2.24, 2.45) is 0 Å². The number of carbonyl (C=O) groups excluding carboxylic acids is 1. The molecule has 0 saturated carbocycles. The maximum atomic E-state index is 11.3. The molecule has 92 valence electrons. The molecule has 0 amide bonds. The summed E-state index contributed by atoms with van der Waals surface area (Å²) >= 11 is 1.69. The molecule has 0 aliphatic heterocycles. The van der Waals surface area contributed by atoms with Gasteiger partial charge in [0, 0.05) is 24.4 Å². The quantitative estimate of drug-likeness (QED) is 0.453. The van der Waals surface area contributed by atoms with Gasteiger partial charge in [0.2, 0.25) is 5.76 Å². The van der Waals surface area contributed by atoms with Crippen molar-refractivity contribution in [1.82, 2.24) is 5.32 Å². The fourth-order valence-electron chi connectivity index (χ4n) is 1.25. The molecule has 1 heterocycles. The standard InChI is InChI=1S/C12H15NO3S/c1-3-7-17-8-5-13-9-10-4-6-16-11(10)12(14)15-2/h1,4,6,13H,5,7-9H2,2H3. The van der Waals surface area contributed by atoms with Gasteiger partial charge >= 0.3 is 5.97 Å². The predicted octanol–water partition coefficient (Wildman–Crippen LogP) is 1.52. The predicted molar refractivity (Wildman–Crippen MR) is 67.9 cm³/mol. The van der Waals surface area contributed by atoms with Crippen molar-refractivity contribution in [2.75, 3.05) is 25.2 Å². The van der Waals surface area contributed by atoms with Gasteiger partial charge in [0.1, 0.15) is 0 Å². The van der Waals surface area contributed by atoms with Gasteiger partial charge in [0.25, 0.3) is 0 Å². The maximum Gasteiger partial charge on any atom is 0.374 e. The summed E-state index contributed by atoms with van der Waals surface area (Å²) in [5.74, 6) is 4.04. The largest absolute Gasteiger partial charge is 0.463 e. The van der Waals surface area contributed by atoms with E-state index in [1.54, 1.807) is 17.8 Å². The summed E-state index contributed by atoms with van der Waals surface area (Å²) in [6, 6.07) is 1.76. The molecule has 0 aliphatic rings. The number of ether oxygens (including phenoxy) is 1. The Morgan fingerprint density at radius 3 is 3.24 bits per heavy atom. The Morgan fingerprint density at radius 2 is 2.53 bits per heavy atom. The number of hydrogen-bond acceptors (Lipinski definition) is 5. The van der Waals surface area contributed by atoms with Crippen LogP contribution in [0.1, 0.15) is 16.1 Å². The molecular formula is C12H15NO3S. The Labute approximate surface area is 105 Å². The number of furan rings is 1.